The molecule has 0 N–H and O–H groups in total. The molecule has 448 valence electrons. The van der Waals surface area contributed by atoms with Gasteiger partial charge in [0.2, 0.25) is 0 Å². The van der Waals surface area contributed by atoms with Gasteiger partial charge in [-0.1, -0.05) is 311 Å². The Hall–Kier alpha value is -3.67. The molecular weight excluding hydrogens is 961 g/mol. The van der Waals surface area contributed by atoms with Crippen LogP contribution in [0.25, 0.3) is 0 Å². The van der Waals surface area contributed by atoms with Gasteiger partial charge in [0.05, 0.1) is 0 Å². The second kappa shape index (κ2) is 65.8. The van der Waals surface area contributed by atoms with Crippen LogP contribution in [-0.4, -0.2) is 37.2 Å². The maximum Gasteiger partial charge on any atom is 0.306 e. The van der Waals surface area contributed by atoms with Gasteiger partial charge in [0.1, 0.15) is 13.2 Å². The first-order chi connectivity index (χ1) is 38.5. The summed E-state index contributed by atoms with van der Waals surface area (Å²) < 4.78 is 16.9. The second-order valence-corrected chi connectivity index (χ2v) is 22.0. The first-order valence-corrected chi connectivity index (χ1v) is 33.2. The average Bonchev–Trinajstić information content (AvgIpc) is 3.44. The molecule has 0 aromatic heterocycles. The highest BCUT2D eigenvalue weighted by Gasteiger charge is 2.19. The summed E-state index contributed by atoms with van der Waals surface area (Å²) in [7, 11) is 0. The van der Waals surface area contributed by atoms with Crippen LogP contribution < -0.4 is 0 Å². The third kappa shape index (κ3) is 63.2. The number of carbonyl (C=O) groups excluding carboxylic acids is 3. The molecule has 78 heavy (non-hydrogen) atoms. The van der Waals surface area contributed by atoms with Crippen LogP contribution in [0.2, 0.25) is 0 Å². The summed E-state index contributed by atoms with van der Waals surface area (Å²) in [5.74, 6) is -0.998. The van der Waals surface area contributed by atoms with Crippen molar-refractivity contribution in [3.63, 3.8) is 0 Å². The Morgan fingerprint density at radius 3 is 0.859 bits per heavy atom. The normalized spacial score (nSPS) is 12.7. The summed E-state index contributed by atoms with van der Waals surface area (Å²) >= 11 is 0. The molecule has 1 unspecified atom stereocenters. The topological polar surface area (TPSA) is 78.9 Å². The highest BCUT2D eigenvalue weighted by Crippen LogP contribution is 2.17. The molecule has 0 radical (unpaired) electrons. The van der Waals surface area contributed by atoms with Crippen LogP contribution in [0, 0.1) is 0 Å². The standard InChI is InChI=1S/C72H124O6/c1-4-7-10-13-16-19-22-25-28-30-32-33-34-35-36-37-38-40-41-44-47-50-53-56-59-62-65-71(74)77-68-69(67-76-70(73)64-61-58-55-52-49-46-43-27-24-21-18-15-12-9-6-3)78-72(75)66-63-60-57-54-51-48-45-42-39-31-29-26-23-20-17-14-11-8-5-2/h8,11,17-18,20-21,26-27,29,39,42-43,48,51,57,60,69H,4-7,9-10,12-16,19,22-25,28,30-38,40-41,44-47,49-50,52-56,58-59,61-68H2,1-3H3/b11-8-,20-17-,21-18-,29-26-,42-39-,43-27-,51-48-,60-57-. The number of esters is 3. The molecule has 6 heteroatoms. The van der Waals surface area contributed by atoms with Crippen LogP contribution in [0.5, 0.6) is 0 Å². The lowest BCUT2D eigenvalue weighted by Crippen LogP contribution is -2.30. The van der Waals surface area contributed by atoms with Gasteiger partial charge in [0.25, 0.3) is 0 Å². The Kier molecular flexibility index (Phi) is 62.7. The summed E-state index contributed by atoms with van der Waals surface area (Å²) in [4.78, 5) is 38.3. The van der Waals surface area contributed by atoms with E-state index in [0.717, 1.165) is 103 Å². The van der Waals surface area contributed by atoms with Gasteiger partial charge >= 0.3 is 17.9 Å². The van der Waals surface area contributed by atoms with Crippen molar-refractivity contribution in [2.75, 3.05) is 13.2 Å². The molecule has 0 bridgehead atoms. The molecule has 0 amide bonds. The first-order valence-electron chi connectivity index (χ1n) is 33.2. The zero-order valence-electron chi connectivity index (χ0n) is 51.4. The fourth-order valence-corrected chi connectivity index (χ4v) is 9.38. The van der Waals surface area contributed by atoms with Crippen LogP contribution in [0.3, 0.4) is 0 Å². The molecule has 6 nitrogen and oxygen atoms in total. The van der Waals surface area contributed by atoms with E-state index in [9.17, 15) is 14.4 Å². The quantitative estimate of drug-likeness (QED) is 0.0261. The first kappa shape index (κ1) is 74.3. The third-order valence-electron chi connectivity index (χ3n) is 14.3. The van der Waals surface area contributed by atoms with Crippen molar-refractivity contribution in [2.45, 2.75) is 329 Å². The lowest BCUT2D eigenvalue weighted by molar-refractivity contribution is -0.166. The zero-order chi connectivity index (χ0) is 56.4. The average molecular weight is 1090 g/mol. The largest absolute Gasteiger partial charge is 0.462 e. The Morgan fingerprint density at radius 2 is 0.526 bits per heavy atom. The lowest BCUT2D eigenvalue weighted by atomic mass is 10.0. The molecule has 0 spiro atoms. The van der Waals surface area contributed by atoms with Crippen molar-refractivity contribution in [2.24, 2.45) is 0 Å². The second-order valence-electron chi connectivity index (χ2n) is 22.0. The highest BCUT2D eigenvalue weighted by molar-refractivity contribution is 5.71. The number of hydrogen-bond acceptors (Lipinski definition) is 6. The Morgan fingerprint density at radius 1 is 0.269 bits per heavy atom. The maximum absolute atomic E-state index is 12.9. The number of unbranched alkanes of at least 4 members (excludes halogenated alkanes) is 33. The van der Waals surface area contributed by atoms with Crippen LogP contribution in [0.15, 0.2) is 97.2 Å². The minimum Gasteiger partial charge on any atom is -0.462 e. The summed E-state index contributed by atoms with van der Waals surface area (Å²) in [6.45, 7) is 6.46. The molecule has 0 aromatic carbocycles. The van der Waals surface area contributed by atoms with E-state index in [0.29, 0.717) is 19.3 Å². The molecule has 0 saturated heterocycles. The van der Waals surface area contributed by atoms with Gasteiger partial charge in [0.15, 0.2) is 6.10 Å². The van der Waals surface area contributed by atoms with E-state index in [1.165, 1.54) is 173 Å². The summed E-state index contributed by atoms with van der Waals surface area (Å²) in [6.07, 6.45) is 88.7. The van der Waals surface area contributed by atoms with Crippen molar-refractivity contribution < 1.29 is 28.6 Å². The number of ether oxygens (including phenoxy) is 3. The molecule has 0 aliphatic carbocycles. The van der Waals surface area contributed by atoms with E-state index in [2.05, 4.69) is 112 Å². The molecule has 0 rings (SSSR count). The van der Waals surface area contributed by atoms with Gasteiger partial charge < -0.3 is 14.2 Å². The van der Waals surface area contributed by atoms with Crippen LogP contribution in [0.1, 0.15) is 323 Å². The monoisotopic (exact) mass is 1080 g/mol. The van der Waals surface area contributed by atoms with Crippen LogP contribution >= 0.6 is 0 Å². The number of hydrogen-bond donors (Lipinski definition) is 0. The van der Waals surface area contributed by atoms with E-state index >= 15 is 0 Å². The minimum atomic E-state index is -0.825. The van der Waals surface area contributed by atoms with Crippen LogP contribution in [-0.2, 0) is 28.6 Å². The Bertz CT molecular complexity index is 1530. The molecular formula is C72H124O6. The smallest absolute Gasteiger partial charge is 0.306 e. The molecule has 0 heterocycles. The summed E-state index contributed by atoms with van der Waals surface area (Å²) in [5, 5.41) is 0. The van der Waals surface area contributed by atoms with Gasteiger partial charge in [-0.3, -0.25) is 14.4 Å². The van der Waals surface area contributed by atoms with Crippen molar-refractivity contribution in [1.29, 1.82) is 0 Å². The van der Waals surface area contributed by atoms with E-state index in [4.69, 9.17) is 14.2 Å². The van der Waals surface area contributed by atoms with Crippen molar-refractivity contribution in [3.8, 4) is 0 Å². The summed E-state index contributed by atoms with van der Waals surface area (Å²) in [6, 6.07) is 0. The van der Waals surface area contributed by atoms with Gasteiger partial charge in [-0.05, 0) is 89.9 Å². The van der Waals surface area contributed by atoms with E-state index in [1.807, 2.05) is 6.08 Å². The Balaban J connectivity index is 4.38. The van der Waals surface area contributed by atoms with E-state index in [-0.39, 0.29) is 31.6 Å². The molecule has 0 aliphatic heterocycles. The van der Waals surface area contributed by atoms with Crippen LogP contribution in [0.4, 0.5) is 0 Å². The number of carbonyl (C=O) groups is 3. The van der Waals surface area contributed by atoms with E-state index < -0.39 is 12.1 Å². The molecule has 0 aliphatic rings. The highest BCUT2D eigenvalue weighted by atomic mass is 16.6. The van der Waals surface area contributed by atoms with Crippen molar-refractivity contribution in [1.82, 2.24) is 0 Å². The molecule has 0 aromatic rings. The molecule has 0 saturated carbocycles. The number of allylic oxidation sites excluding steroid dienone is 16. The predicted octanol–water partition coefficient (Wildman–Crippen LogP) is 22.8. The number of rotatable bonds is 60. The fraction of sp³-hybridized carbons (Fsp3) is 0.736. The van der Waals surface area contributed by atoms with Crippen molar-refractivity contribution in [3.05, 3.63) is 97.2 Å². The third-order valence-corrected chi connectivity index (χ3v) is 14.3. The lowest BCUT2D eigenvalue weighted by Gasteiger charge is -2.18. The molecule has 0 fully saturated rings. The predicted molar refractivity (Wildman–Crippen MR) is 339 cm³/mol. The zero-order valence-corrected chi connectivity index (χ0v) is 51.4. The summed E-state index contributed by atoms with van der Waals surface area (Å²) in [5.41, 5.74) is 0. The Labute approximate surface area is 483 Å². The van der Waals surface area contributed by atoms with Crippen molar-refractivity contribution >= 4 is 17.9 Å². The molecule has 1 atom stereocenters. The van der Waals surface area contributed by atoms with Gasteiger partial charge in [-0.15, -0.1) is 0 Å². The fourth-order valence-electron chi connectivity index (χ4n) is 9.38. The van der Waals surface area contributed by atoms with Gasteiger partial charge in [-0.2, -0.15) is 0 Å². The van der Waals surface area contributed by atoms with E-state index in [1.54, 1.807) is 0 Å². The SMILES string of the molecule is CC/C=C\C/C=C\C/C=C\C/C=C\C/C=C\C/C=C\CCC(=O)OC(COC(=O)CCCCCCC/C=C\C/C=C\CCCCC)COC(=O)CCCCCCCCCCCCCCCCCCCCCCCCCCCC. The van der Waals surface area contributed by atoms with Gasteiger partial charge in [0, 0.05) is 19.3 Å². The maximum atomic E-state index is 12.9. The van der Waals surface area contributed by atoms with Gasteiger partial charge in [-0.25, -0.2) is 0 Å². The minimum absolute atomic E-state index is 0.110.